The minimum atomic E-state index is -0.618. The monoisotopic (exact) mass is 382 g/mol. The van der Waals surface area contributed by atoms with Gasteiger partial charge in [0.15, 0.2) is 5.58 Å². The minimum Gasteiger partial charge on any atom is -0.494 e. The number of furan rings is 1. The van der Waals surface area contributed by atoms with Crippen LogP contribution in [-0.2, 0) is 0 Å². The third-order valence-corrected chi connectivity index (χ3v) is 4.59. The topological polar surface area (TPSA) is 78.9 Å². The summed E-state index contributed by atoms with van der Waals surface area (Å²) in [6.45, 7) is 2.48. The second-order valence-corrected chi connectivity index (χ2v) is 6.55. The highest BCUT2D eigenvalue weighted by Crippen LogP contribution is 2.35. The average molecular weight is 382 g/mol. The van der Waals surface area contributed by atoms with Crippen molar-refractivity contribution >= 4 is 27.6 Å². The van der Waals surface area contributed by atoms with E-state index in [-0.39, 0.29) is 5.76 Å². The third-order valence-electron chi connectivity index (χ3n) is 3.82. The lowest BCUT2D eigenvalue weighted by molar-refractivity contribution is 0.0701. The molecule has 0 saturated heterocycles. The summed E-state index contributed by atoms with van der Waals surface area (Å²) < 4.78 is 21.8. The Kier molecular flexibility index (Phi) is 4.52. The van der Waals surface area contributed by atoms with Crippen LogP contribution < -0.4 is 14.4 Å². The number of fused-ring (bicyclic) bond motifs is 1. The Labute approximate surface area is 157 Å². The number of carbonyl (C=O) groups is 1. The zero-order valence-corrected chi connectivity index (χ0v) is 15.1. The summed E-state index contributed by atoms with van der Waals surface area (Å²) in [6, 6.07) is 13.8. The van der Waals surface area contributed by atoms with Crippen molar-refractivity contribution in [3.63, 3.8) is 0 Å². The second kappa shape index (κ2) is 7.13. The van der Waals surface area contributed by atoms with Crippen molar-refractivity contribution in [3.8, 4) is 22.6 Å². The maximum absolute atomic E-state index is 12.2. The molecule has 0 spiro atoms. The van der Waals surface area contributed by atoms with Gasteiger partial charge < -0.3 is 18.3 Å². The van der Waals surface area contributed by atoms with Gasteiger partial charge in [0.1, 0.15) is 11.5 Å². The number of hydrogen-bond acceptors (Lipinski definition) is 7. The van der Waals surface area contributed by atoms with Crippen LogP contribution in [0.15, 0.2) is 68.4 Å². The average Bonchev–Trinajstić information content (AvgIpc) is 3.31. The molecule has 0 aliphatic rings. The van der Waals surface area contributed by atoms with Gasteiger partial charge >= 0.3 is 10.9 Å². The van der Waals surface area contributed by atoms with E-state index in [9.17, 15) is 9.59 Å². The fourth-order valence-electron chi connectivity index (χ4n) is 2.67. The molecule has 4 rings (SSSR count). The molecular formula is C20H14O6S. The summed E-state index contributed by atoms with van der Waals surface area (Å²) in [5, 5.41) is 0. The molecular weight excluding hydrogens is 368 g/mol. The van der Waals surface area contributed by atoms with Crippen LogP contribution >= 0.6 is 11.3 Å². The fourth-order valence-corrected chi connectivity index (χ4v) is 3.40. The molecule has 4 aromatic rings. The molecule has 0 fully saturated rings. The normalized spacial score (nSPS) is 10.9. The van der Waals surface area contributed by atoms with Gasteiger partial charge in [0.05, 0.1) is 17.6 Å². The number of ether oxygens (including phenoxy) is 2. The quantitative estimate of drug-likeness (QED) is 0.367. The van der Waals surface area contributed by atoms with Crippen LogP contribution in [0.5, 0.6) is 11.5 Å². The molecule has 2 heterocycles. The minimum absolute atomic E-state index is 0.0955. The zero-order valence-electron chi connectivity index (χ0n) is 14.3. The SMILES string of the molecule is CCOc1ccc(-c2cc(OC(=O)c3ccco3)cc3sc(=O)oc23)cc1. The van der Waals surface area contributed by atoms with E-state index in [4.69, 9.17) is 18.3 Å². The van der Waals surface area contributed by atoms with Crippen LogP contribution in [-0.4, -0.2) is 12.6 Å². The Morgan fingerprint density at radius 2 is 1.93 bits per heavy atom. The van der Waals surface area contributed by atoms with Gasteiger partial charge in [-0.2, -0.15) is 0 Å². The van der Waals surface area contributed by atoms with Crippen molar-refractivity contribution in [2.24, 2.45) is 0 Å². The fraction of sp³-hybridized carbons (Fsp3) is 0.100. The molecule has 7 heteroatoms. The maximum Gasteiger partial charge on any atom is 0.396 e. The highest BCUT2D eigenvalue weighted by atomic mass is 32.1. The summed E-state index contributed by atoms with van der Waals surface area (Å²) in [5.41, 5.74) is 1.91. The lowest BCUT2D eigenvalue weighted by Gasteiger charge is -2.08. The van der Waals surface area contributed by atoms with Gasteiger partial charge in [-0.15, -0.1) is 0 Å². The molecule has 27 heavy (non-hydrogen) atoms. The van der Waals surface area contributed by atoms with Gasteiger partial charge in [-0.25, -0.2) is 9.59 Å². The molecule has 0 aliphatic carbocycles. The van der Waals surface area contributed by atoms with E-state index in [2.05, 4.69) is 0 Å². The molecule has 0 radical (unpaired) electrons. The molecule has 2 aromatic heterocycles. The van der Waals surface area contributed by atoms with Gasteiger partial charge in [-0.1, -0.05) is 23.5 Å². The van der Waals surface area contributed by atoms with Crippen molar-refractivity contribution in [1.82, 2.24) is 0 Å². The Hall–Kier alpha value is -3.32. The van der Waals surface area contributed by atoms with Crippen molar-refractivity contribution in [2.75, 3.05) is 6.61 Å². The first-order valence-electron chi connectivity index (χ1n) is 8.20. The zero-order chi connectivity index (χ0) is 18.8. The van der Waals surface area contributed by atoms with Gasteiger partial charge in [-0.3, -0.25) is 0 Å². The number of esters is 1. The Bertz CT molecular complexity index is 1140. The lowest BCUT2D eigenvalue weighted by Crippen LogP contribution is -2.07. The first-order valence-corrected chi connectivity index (χ1v) is 9.02. The molecule has 6 nitrogen and oxygen atoms in total. The largest absolute Gasteiger partial charge is 0.494 e. The number of hydrogen-bond donors (Lipinski definition) is 0. The van der Waals surface area contributed by atoms with Crippen LogP contribution in [0.2, 0.25) is 0 Å². The van der Waals surface area contributed by atoms with E-state index >= 15 is 0 Å². The molecule has 0 atom stereocenters. The van der Waals surface area contributed by atoms with E-state index in [1.165, 1.54) is 12.3 Å². The Morgan fingerprint density at radius 3 is 2.63 bits per heavy atom. The summed E-state index contributed by atoms with van der Waals surface area (Å²) in [7, 11) is 0. The predicted octanol–water partition coefficient (Wildman–Crippen LogP) is 4.73. The lowest BCUT2D eigenvalue weighted by atomic mass is 10.0. The maximum atomic E-state index is 12.2. The van der Waals surface area contributed by atoms with Gasteiger partial charge in [0.2, 0.25) is 5.76 Å². The highest BCUT2D eigenvalue weighted by Gasteiger charge is 2.17. The molecule has 0 unspecified atom stereocenters. The highest BCUT2D eigenvalue weighted by molar-refractivity contribution is 7.16. The van der Waals surface area contributed by atoms with Crippen molar-refractivity contribution in [3.05, 3.63) is 70.3 Å². The Balaban J connectivity index is 1.76. The molecule has 0 saturated carbocycles. The number of rotatable bonds is 5. The second-order valence-electron chi connectivity index (χ2n) is 5.58. The smallest absolute Gasteiger partial charge is 0.396 e. The predicted molar refractivity (Wildman–Crippen MR) is 101 cm³/mol. The van der Waals surface area contributed by atoms with E-state index in [1.807, 2.05) is 31.2 Å². The van der Waals surface area contributed by atoms with Crippen LogP contribution in [0.3, 0.4) is 0 Å². The van der Waals surface area contributed by atoms with Crippen LogP contribution in [0, 0.1) is 0 Å². The standard InChI is InChI=1S/C20H14O6S/c1-2-23-13-7-5-12(6-8-13)15-10-14(11-17-18(15)26-20(22)27-17)25-19(21)16-4-3-9-24-16/h3-11H,2H2,1H3. The summed E-state index contributed by atoms with van der Waals surface area (Å²) in [4.78, 5) is 23.5. The van der Waals surface area contributed by atoms with Crippen molar-refractivity contribution in [1.29, 1.82) is 0 Å². The summed E-state index contributed by atoms with van der Waals surface area (Å²) in [5.74, 6) is 0.514. The van der Waals surface area contributed by atoms with Gasteiger partial charge in [-0.05, 0) is 42.8 Å². The molecule has 0 bridgehead atoms. The number of carbonyl (C=O) groups excluding carboxylic acids is 1. The first kappa shape index (κ1) is 17.1. The Morgan fingerprint density at radius 1 is 1.11 bits per heavy atom. The van der Waals surface area contributed by atoms with Crippen molar-refractivity contribution in [2.45, 2.75) is 6.92 Å². The molecule has 0 aliphatic heterocycles. The van der Waals surface area contributed by atoms with E-state index < -0.39 is 10.9 Å². The van der Waals surface area contributed by atoms with Gasteiger partial charge in [0.25, 0.3) is 0 Å². The molecule has 0 N–H and O–H groups in total. The van der Waals surface area contributed by atoms with Gasteiger partial charge in [0, 0.05) is 11.6 Å². The van der Waals surface area contributed by atoms with E-state index in [1.54, 1.807) is 18.2 Å². The molecule has 0 amide bonds. The molecule has 2 aromatic carbocycles. The van der Waals surface area contributed by atoms with E-state index in [0.717, 1.165) is 22.6 Å². The van der Waals surface area contributed by atoms with Crippen LogP contribution in [0.1, 0.15) is 17.5 Å². The number of benzene rings is 2. The van der Waals surface area contributed by atoms with Crippen LogP contribution in [0.4, 0.5) is 0 Å². The third kappa shape index (κ3) is 3.50. The first-order chi connectivity index (χ1) is 13.1. The van der Waals surface area contributed by atoms with E-state index in [0.29, 0.717) is 28.2 Å². The van der Waals surface area contributed by atoms with Crippen LogP contribution in [0.25, 0.3) is 21.4 Å². The summed E-state index contributed by atoms with van der Waals surface area (Å²) in [6.07, 6.45) is 1.40. The molecule has 136 valence electrons. The van der Waals surface area contributed by atoms with Crippen molar-refractivity contribution < 1.29 is 23.1 Å². The summed E-state index contributed by atoms with van der Waals surface area (Å²) >= 11 is 0.949.